The summed E-state index contributed by atoms with van der Waals surface area (Å²) in [5, 5.41) is 3.40. The van der Waals surface area contributed by atoms with E-state index < -0.39 is 54.3 Å². The smallest absolute Gasteiger partial charge is 0.303 e. The van der Waals surface area contributed by atoms with E-state index in [0.717, 1.165) is 20.8 Å². The largest absolute Gasteiger partial charge is 0.463 e. The van der Waals surface area contributed by atoms with Crippen molar-refractivity contribution in [2.24, 2.45) is 5.11 Å². The molecule has 150 valence electrons. The first-order chi connectivity index (χ1) is 12.6. The Bertz CT molecular complexity index is 640. The van der Waals surface area contributed by atoms with Gasteiger partial charge < -0.3 is 23.7 Å². The minimum atomic E-state index is -1.73. The maximum absolute atomic E-state index is 11.6. The fourth-order valence-corrected chi connectivity index (χ4v) is 2.64. The van der Waals surface area contributed by atoms with Crippen LogP contribution >= 0.6 is 0 Å². The lowest BCUT2D eigenvalue weighted by molar-refractivity contribution is -0.259. The molecule has 1 saturated heterocycles. The van der Waals surface area contributed by atoms with Gasteiger partial charge in [-0.15, -0.1) is 0 Å². The van der Waals surface area contributed by atoms with Crippen molar-refractivity contribution in [1.82, 2.24) is 0 Å². The summed E-state index contributed by atoms with van der Waals surface area (Å²) in [7, 11) is 0. The quantitative estimate of drug-likeness (QED) is 0.198. The van der Waals surface area contributed by atoms with E-state index in [1.165, 1.54) is 6.92 Å². The Hall–Kier alpha value is -2.85. The summed E-state index contributed by atoms with van der Waals surface area (Å²) in [6.45, 7) is 3.40. The van der Waals surface area contributed by atoms with Crippen molar-refractivity contribution in [3.8, 4) is 0 Å². The molecular formula is C15H21N3O9. The van der Waals surface area contributed by atoms with Crippen molar-refractivity contribution in [2.75, 3.05) is 19.8 Å². The molecule has 27 heavy (non-hydrogen) atoms. The van der Waals surface area contributed by atoms with Gasteiger partial charge >= 0.3 is 23.9 Å². The van der Waals surface area contributed by atoms with Crippen LogP contribution in [-0.2, 0) is 42.9 Å². The van der Waals surface area contributed by atoms with Crippen LogP contribution in [-0.4, -0.2) is 67.5 Å². The second-order valence-electron chi connectivity index (χ2n) is 5.80. The third kappa shape index (κ3) is 6.42. The standard InChI is InChI=1S/C15H21N3O9/c1-8(19)23-5-12-13(25-9(2)20)14(26-10(3)21)15(7-24-12,6-17-18-16)27-11(4)22/h12-14H,5-7H2,1-4H3/t12-,13-,14+,15-/m1/s1. The van der Waals surface area contributed by atoms with E-state index >= 15 is 0 Å². The van der Waals surface area contributed by atoms with Crippen LogP contribution in [0.25, 0.3) is 10.4 Å². The first-order valence-electron chi connectivity index (χ1n) is 7.91. The normalized spacial score (nSPS) is 26.9. The zero-order chi connectivity index (χ0) is 20.6. The number of ether oxygens (including phenoxy) is 5. The van der Waals surface area contributed by atoms with Gasteiger partial charge in [-0.05, 0) is 5.53 Å². The van der Waals surface area contributed by atoms with Gasteiger partial charge in [0.25, 0.3) is 0 Å². The lowest BCUT2D eigenvalue weighted by Gasteiger charge is -2.47. The van der Waals surface area contributed by atoms with Crippen LogP contribution in [0.15, 0.2) is 5.11 Å². The Kier molecular flexibility index (Phi) is 8.00. The van der Waals surface area contributed by atoms with Crippen molar-refractivity contribution in [3.05, 3.63) is 10.4 Å². The van der Waals surface area contributed by atoms with Crippen LogP contribution in [0.1, 0.15) is 27.7 Å². The summed E-state index contributed by atoms with van der Waals surface area (Å²) in [5.74, 6) is -2.86. The van der Waals surface area contributed by atoms with Crippen molar-refractivity contribution < 1.29 is 42.9 Å². The number of nitrogens with zero attached hydrogens (tertiary/aromatic N) is 3. The molecule has 12 heteroatoms. The maximum Gasteiger partial charge on any atom is 0.303 e. The molecule has 1 rings (SSSR count). The first kappa shape index (κ1) is 22.2. The number of carbonyl (C=O) groups excluding carboxylic acids is 4. The van der Waals surface area contributed by atoms with Crippen LogP contribution in [0.3, 0.4) is 0 Å². The minimum absolute atomic E-state index is 0.303. The molecule has 1 aliphatic heterocycles. The lowest BCUT2D eigenvalue weighted by atomic mass is 9.87. The molecule has 0 unspecified atom stereocenters. The fraction of sp³-hybridized carbons (Fsp3) is 0.733. The highest BCUT2D eigenvalue weighted by Crippen LogP contribution is 2.33. The molecule has 0 amide bonds. The fourth-order valence-electron chi connectivity index (χ4n) is 2.64. The highest BCUT2D eigenvalue weighted by molar-refractivity contribution is 5.69. The van der Waals surface area contributed by atoms with E-state index in [2.05, 4.69) is 10.0 Å². The maximum atomic E-state index is 11.6. The lowest BCUT2D eigenvalue weighted by Crippen LogP contribution is -2.67. The van der Waals surface area contributed by atoms with Crippen molar-refractivity contribution in [1.29, 1.82) is 0 Å². The Balaban J connectivity index is 3.35. The molecule has 1 heterocycles. The summed E-state index contributed by atoms with van der Waals surface area (Å²) < 4.78 is 26.2. The van der Waals surface area contributed by atoms with Crippen LogP contribution in [0.2, 0.25) is 0 Å². The van der Waals surface area contributed by atoms with E-state index in [9.17, 15) is 19.2 Å². The van der Waals surface area contributed by atoms with E-state index in [1.54, 1.807) is 0 Å². The second-order valence-corrected chi connectivity index (χ2v) is 5.80. The Labute approximate surface area is 154 Å². The third-order valence-electron chi connectivity index (χ3n) is 3.52. The van der Waals surface area contributed by atoms with E-state index in [-0.39, 0.29) is 13.2 Å². The zero-order valence-corrected chi connectivity index (χ0v) is 15.4. The molecule has 0 N–H and O–H groups in total. The van der Waals surface area contributed by atoms with Gasteiger partial charge in [-0.25, -0.2) is 0 Å². The molecule has 0 aromatic rings. The summed E-state index contributed by atoms with van der Waals surface area (Å²) >= 11 is 0. The molecule has 1 fully saturated rings. The average molecular weight is 387 g/mol. The molecule has 1 aliphatic rings. The molecule has 0 saturated carbocycles. The molecule has 12 nitrogen and oxygen atoms in total. The Morgan fingerprint density at radius 3 is 2.19 bits per heavy atom. The van der Waals surface area contributed by atoms with Crippen molar-refractivity contribution in [2.45, 2.75) is 51.6 Å². The highest BCUT2D eigenvalue weighted by Gasteiger charge is 2.56. The van der Waals surface area contributed by atoms with Gasteiger partial charge in [-0.1, -0.05) is 5.11 Å². The molecule has 4 atom stereocenters. The number of hydrogen-bond donors (Lipinski definition) is 0. The predicted octanol–water partition coefficient (Wildman–Crippen LogP) is 0.424. The first-order valence-corrected chi connectivity index (χ1v) is 7.91. The van der Waals surface area contributed by atoms with Gasteiger partial charge in [0.15, 0.2) is 17.8 Å². The number of rotatable bonds is 7. The summed E-state index contributed by atoms with van der Waals surface area (Å²) in [6, 6.07) is 0. The summed E-state index contributed by atoms with van der Waals surface area (Å²) in [5.41, 5.74) is 6.92. The number of azide groups is 1. The molecule has 0 aromatic heterocycles. The molecular weight excluding hydrogens is 366 g/mol. The number of hydrogen-bond acceptors (Lipinski definition) is 10. The van der Waals surface area contributed by atoms with E-state index in [4.69, 9.17) is 29.2 Å². The number of carbonyl (C=O) groups is 4. The average Bonchev–Trinajstić information content (AvgIpc) is 2.54. The Morgan fingerprint density at radius 2 is 1.70 bits per heavy atom. The van der Waals surface area contributed by atoms with Gasteiger partial charge in [-0.3, -0.25) is 19.2 Å². The topological polar surface area (TPSA) is 163 Å². The van der Waals surface area contributed by atoms with Gasteiger partial charge in [-0.2, -0.15) is 0 Å². The molecule has 0 radical (unpaired) electrons. The van der Waals surface area contributed by atoms with Crippen molar-refractivity contribution in [3.63, 3.8) is 0 Å². The van der Waals surface area contributed by atoms with E-state index in [1.807, 2.05) is 0 Å². The van der Waals surface area contributed by atoms with Crippen LogP contribution in [0.5, 0.6) is 0 Å². The second kappa shape index (κ2) is 9.74. The Morgan fingerprint density at radius 1 is 1.07 bits per heavy atom. The van der Waals surface area contributed by atoms with Gasteiger partial charge in [0, 0.05) is 32.6 Å². The SMILES string of the molecule is CC(=O)OC[C@H]1OC[C@@](CN=[N+]=[N-])(OC(C)=O)[C@@H](OC(C)=O)[C@@H]1OC(C)=O. The molecule has 0 bridgehead atoms. The van der Waals surface area contributed by atoms with Crippen LogP contribution in [0.4, 0.5) is 0 Å². The molecule has 0 aliphatic carbocycles. The number of esters is 4. The zero-order valence-electron chi connectivity index (χ0n) is 15.4. The monoisotopic (exact) mass is 387 g/mol. The minimum Gasteiger partial charge on any atom is -0.463 e. The highest BCUT2D eigenvalue weighted by atomic mass is 16.7. The van der Waals surface area contributed by atoms with Gasteiger partial charge in [0.2, 0.25) is 0 Å². The van der Waals surface area contributed by atoms with Crippen molar-refractivity contribution >= 4 is 23.9 Å². The third-order valence-corrected chi connectivity index (χ3v) is 3.52. The summed E-state index contributed by atoms with van der Waals surface area (Å²) in [4.78, 5) is 48.5. The van der Waals surface area contributed by atoms with Gasteiger partial charge in [0.1, 0.15) is 12.7 Å². The van der Waals surface area contributed by atoms with Crippen LogP contribution in [0, 0.1) is 0 Å². The van der Waals surface area contributed by atoms with Crippen LogP contribution < -0.4 is 0 Å². The summed E-state index contributed by atoms with van der Waals surface area (Å²) in [6.07, 6.45) is -3.65. The molecule has 0 aromatic carbocycles. The predicted molar refractivity (Wildman–Crippen MR) is 86.0 cm³/mol. The van der Waals surface area contributed by atoms with E-state index in [0.29, 0.717) is 0 Å². The van der Waals surface area contributed by atoms with Gasteiger partial charge in [0.05, 0.1) is 13.2 Å². The molecule has 0 spiro atoms.